The highest BCUT2D eigenvalue weighted by Crippen LogP contribution is 2.28. The third kappa shape index (κ3) is 9.06. The molecule has 0 fully saturated rings. The summed E-state index contributed by atoms with van der Waals surface area (Å²) in [6, 6.07) is 11.2. The molecule has 13 heteroatoms. The van der Waals surface area contributed by atoms with Crippen LogP contribution in [-0.2, 0) is 37.2 Å². The number of carboxylic acid groups (broad SMARTS) is 1. The second kappa shape index (κ2) is 14.2. The minimum absolute atomic E-state index is 0.0581. The van der Waals surface area contributed by atoms with Crippen molar-refractivity contribution in [3.63, 3.8) is 0 Å². The Balaban J connectivity index is 1.56. The van der Waals surface area contributed by atoms with Crippen LogP contribution < -0.4 is 19.5 Å². The molecule has 1 aliphatic rings. The molecule has 12 nitrogen and oxygen atoms in total. The molecule has 0 bridgehead atoms. The lowest BCUT2D eigenvalue weighted by molar-refractivity contribution is -0.135. The van der Waals surface area contributed by atoms with Gasteiger partial charge >= 0.3 is 5.97 Å². The highest BCUT2D eigenvalue weighted by Gasteiger charge is 2.30. The van der Waals surface area contributed by atoms with Crippen molar-refractivity contribution in [2.24, 2.45) is 5.41 Å². The van der Waals surface area contributed by atoms with Crippen molar-refractivity contribution in [3.8, 4) is 11.5 Å². The van der Waals surface area contributed by atoms with E-state index < -0.39 is 27.3 Å². The molecule has 0 aromatic heterocycles. The Kier molecular flexibility index (Phi) is 11.0. The predicted octanol–water partition coefficient (Wildman–Crippen LogP) is 1.64. The Bertz CT molecular complexity index is 1510. The van der Waals surface area contributed by atoms with Gasteiger partial charge in [-0.2, -0.15) is 0 Å². The van der Waals surface area contributed by atoms with Crippen LogP contribution in [0.15, 0.2) is 70.8 Å². The molecule has 2 amide bonds. The summed E-state index contributed by atoms with van der Waals surface area (Å²) in [7, 11) is -1.16. The largest absolute Gasteiger partial charge is 0.493 e. The topological polar surface area (TPSA) is 172 Å². The van der Waals surface area contributed by atoms with Crippen LogP contribution in [0.3, 0.4) is 0 Å². The number of hydrogen-bond donors (Lipinski definition) is 4. The first-order chi connectivity index (χ1) is 20.3. The first-order valence-electron chi connectivity index (χ1n) is 13.4. The number of carbonyl (C=O) groups is 3. The molecule has 232 valence electrons. The van der Waals surface area contributed by atoms with Crippen molar-refractivity contribution >= 4 is 27.8 Å². The summed E-state index contributed by atoms with van der Waals surface area (Å²) in [5.41, 5.74) is 0.877. The van der Waals surface area contributed by atoms with Crippen LogP contribution in [0, 0.1) is 5.41 Å². The number of allylic oxidation sites excluding steroid dienone is 2. The summed E-state index contributed by atoms with van der Waals surface area (Å²) in [6.45, 7) is 3.60. The van der Waals surface area contributed by atoms with E-state index in [1.165, 1.54) is 43.4 Å². The fourth-order valence-corrected chi connectivity index (χ4v) is 5.34. The van der Waals surface area contributed by atoms with Gasteiger partial charge in [0.1, 0.15) is 5.70 Å². The van der Waals surface area contributed by atoms with E-state index in [2.05, 4.69) is 5.32 Å². The molecule has 0 unspecified atom stereocenters. The fourth-order valence-electron chi connectivity index (χ4n) is 4.36. The Morgan fingerprint density at radius 1 is 0.977 bits per heavy atom. The van der Waals surface area contributed by atoms with Crippen LogP contribution in [0.2, 0.25) is 0 Å². The predicted molar refractivity (Wildman–Crippen MR) is 158 cm³/mol. The van der Waals surface area contributed by atoms with E-state index in [0.29, 0.717) is 24.5 Å². The zero-order valence-electron chi connectivity index (χ0n) is 24.5. The number of carbonyl (C=O) groups excluding carboxylic acids is 2. The Morgan fingerprint density at radius 3 is 2.23 bits per heavy atom. The average molecular weight is 616 g/mol. The van der Waals surface area contributed by atoms with E-state index in [9.17, 15) is 33.0 Å². The highest BCUT2D eigenvalue weighted by atomic mass is 32.2. The summed E-state index contributed by atoms with van der Waals surface area (Å²) in [4.78, 5) is 38.2. The molecule has 0 aliphatic carbocycles. The molecule has 0 saturated heterocycles. The third-order valence-corrected chi connectivity index (χ3v) is 8.06. The number of benzene rings is 2. The summed E-state index contributed by atoms with van der Waals surface area (Å²) >= 11 is 0. The lowest BCUT2D eigenvalue weighted by Crippen LogP contribution is -2.43. The molecule has 3 rings (SSSR count). The number of aliphatic carboxylic acids is 1. The number of aliphatic hydroxyl groups excluding tert-OH is 1. The summed E-state index contributed by atoms with van der Waals surface area (Å²) < 4.78 is 38.3. The van der Waals surface area contributed by atoms with Crippen LogP contribution in [0.25, 0.3) is 0 Å². The van der Waals surface area contributed by atoms with Gasteiger partial charge in [0.05, 0.1) is 25.5 Å². The number of carboxylic acids is 1. The van der Waals surface area contributed by atoms with Crippen LogP contribution in [-0.4, -0.2) is 81.8 Å². The number of rotatable bonds is 14. The van der Waals surface area contributed by atoms with E-state index in [4.69, 9.17) is 9.47 Å². The van der Waals surface area contributed by atoms with E-state index in [0.717, 1.165) is 11.1 Å². The molecule has 0 radical (unpaired) electrons. The van der Waals surface area contributed by atoms with Gasteiger partial charge in [0, 0.05) is 37.2 Å². The van der Waals surface area contributed by atoms with Gasteiger partial charge in [-0.1, -0.05) is 32.0 Å². The van der Waals surface area contributed by atoms with Gasteiger partial charge in [-0.3, -0.25) is 9.59 Å². The Hall–Kier alpha value is -4.36. The van der Waals surface area contributed by atoms with Crippen LogP contribution in [0.1, 0.15) is 25.0 Å². The maximum absolute atomic E-state index is 12.9. The first kappa shape index (κ1) is 33.1. The van der Waals surface area contributed by atoms with E-state index in [1.54, 1.807) is 44.2 Å². The van der Waals surface area contributed by atoms with Crippen molar-refractivity contribution < 1.29 is 42.5 Å². The maximum atomic E-state index is 12.9. The zero-order valence-corrected chi connectivity index (χ0v) is 25.4. The Morgan fingerprint density at radius 2 is 1.63 bits per heavy atom. The normalized spacial score (nSPS) is 13.5. The standard InChI is InChI=1S/C30H37N3O9S/c1-30(2,19-34)18-33-17-22(8-11-24(33)29(37)38)28(36)32-43(39,40)23-9-5-20(6-10-23)13-14-31-27(35)16-21-7-12-25(41-3)26(15-21)42-4/h5-12,15,34H,13-14,16-19H2,1-4H3,(H,31,35)(H,32,36)(H,37,38). The molecule has 1 aliphatic heterocycles. The molecule has 4 N–H and O–H groups in total. The third-order valence-electron chi connectivity index (χ3n) is 6.71. The molecular formula is C30H37N3O9S. The molecule has 2 aromatic carbocycles. The van der Waals surface area contributed by atoms with Crippen LogP contribution in [0.5, 0.6) is 11.5 Å². The molecule has 1 heterocycles. The van der Waals surface area contributed by atoms with Crippen molar-refractivity contribution in [1.29, 1.82) is 0 Å². The fraction of sp³-hybridized carbons (Fsp3) is 0.367. The van der Waals surface area contributed by atoms with Crippen molar-refractivity contribution in [3.05, 3.63) is 77.0 Å². The minimum atomic E-state index is -4.22. The lowest BCUT2D eigenvalue weighted by atomic mass is 9.93. The molecule has 0 saturated carbocycles. The summed E-state index contributed by atoms with van der Waals surface area (Å²) in [6.07, 6.45) is 3.12. The molecule has 0 atom stereocenters. The van der Waals surface area contributed by atoms with Gasteiger partial charge in [0.2, 0.25) is 5.91 Å². The highest BCUT2D eigenvalue weighted by molar-refractivity contribution is 7.90. The number of nitrogens with one attached hydrogen (secondary N) is 2. The number of aliphatic hydroxyl groups is 1. The maximum Gasteiger partial charge on any atom is 0.352 e. The van der Waals surface area contributed by atoms with Gasteiger partial charge in [0.15, 0.2) is 11.5 Å². The van der Waals surface area contributed by atoms with Gasteiger partial charge in [-0.25, -0.2) is 17.9 Å². The number of ether oxygens (including phenoxy) is 2. The van der Waals surface area contributed by atoms with E-state index >= 15 is 0 Å². The van der Waals surface area contributed by atoms with Crippen molar-refractivity contribution in [2.45, 2.75) is 31.6 Å². The van der Waals surface area contributed by atoms with Crippen LogP contribution in [0.4, 0.5) is 0 Å². The number of amides is 2. The lowest BCUT2D eigenvalue weighted by Gasteiger charge is -2.35. The molecular weight excluding hydrogens is 578 g/mol. The second-order valence-corrected chi connectivity index (χ2v) is 12.5. The van der Waals surface area contributed by atoms with E-state index in [-0.39, 0.29) is 48.2 Å². The average Bonchev–Trinajstić information content (AvgIpc) is 2.96. The first-order valence-corrected chi connectivity index (χ1v) is 14.9. The SMILES string of the molecule is COc1ccc(CC(=O)NCCc2ccc(S(=O)(=O)NC(=O)C3=CC=C(C(=O)O)N(CC(C)(C)CO)C3)cc2)cc1OC. The summed E-state index contributed by atoms with van der Waals surface area (Å²) in [5, 5.41) is 21.9. The minimum Gasteiger partial charge on any atom is -0.493 e. The smallest absolute Gasteiger partial charge is 0.352 e. The number of sulfonamides is 1. The number of methoxy groups -OCH3 is 2. The number of nitrogens with zero attached hydrogens (tertiary/aromatic N) is 1. The summed E-state index contributed by atoms with van der Waals surface area (Å²) in [5.74, 6) is -1.17. The monoisotopic (exact) mass is 615 g/mol. The molecule has 2 aromatic rings. The zero-order chi connectivity index (χ0) is 31.8. The van der Waals surface area contributed by atoms with Gasteiger partial charge in [0.25, 0.3) is 15.9 Å². The second-order valence-electron chi connectivity index (χ2n) is 10.8. The molecule has 43 heavy (non-hydrogen) atoms. The van der Waals surface area contributed by atoms with Gasteiger partial charge in [-0.05, 0) is 54.0 Å². The molecule has 0 spiro atoms. The van der Waals surface area contributed by atoms with Crippen molar-refractivity contribution in [1.82, 2.24) is 14.9 Å². The van der Waals surface area contributed by atoms with Crippen molar-refractivity contribution in [2.75, 3.05) is 40.5 Å². The van der Waals surface area contributed by atoms with Crippen LogP contribution >= 0.6 is 0 Å². The number of hydrogen-bond acceptors (Lipinski definition) is 9. The Labute approximate surface area is 251 Å². The quantitative estimate of drug-likeness (QED) is 0.245. The van der Waals surface area contributed by atoms with E-state index in [1.807, 2.05) is 4.72 Å². The van der Waals surface area contributed by atoms with Gasteiger partial charge in [-0.15, -0.1) is 0 Å². The van der Waals surface area contributed by atoms with Gasteiger partial charge < -0.3 is 29.9 Å².